The molecule has 2 aromatic carbocycles. The monoisotopic (exact) mass is 374 g/mol. The Kier molecular flexibility index (Phi) is 5.16. The fourth-order valence-electron chi connectivity index (χ4n) is 2.80. The van der Waals surface area contributed by atoms with E-state index in [1.807, 2.05) is 59.3 Å². The Morgan fingerprint density at radius 2 is 1.93 bits per heavy atom. The SMILES string of the molecule is O=C(CSCc1ccccc1)Nc1cccc2ccc(-n3ccnc3)nc12. The van der Waals surface area contributed by atoms with Crippen LogP contribution in [-0.2, 0) is 10.5 Å². The molecule has 0 radical (unpaired) electrons. The lowest BCUT2D eigenvalue weighted by molar-refractivity contribution is -0.113. The molecule has 0 aliphatic heterocycles. The van der Waals surface area contributed by atoms with E-state index in [-0.39, 0.29) is 5.91 Å². The first-order chi connectivity index (χ1) is 13.3. The van der Waals surface area contributed by atoms with Gasteiger partial charge in [0.2, 0.25) is 5.91 Å². The number of hydrogen-bond acceptors (Lipinski definition) is 4. The normalized spacial score (nSPS) is 10.8. The third kappa shape index (κ3) is 4.17. The number of para-hydroxylation sites is 1. The summed E-state index contributed by atoms with van der Waals surface area (Å²) >= 11 is 1.60. The number of benzene rings is 2. The molecule has 0 fully saturated rings. The molecule has 0 aliphatic rings. The molecule has 0 unspecified atom stereocenters. The van der Waals surface area contributed by atoms with Crippen LogP contribution in [0.25, 0.3) is 16.7 Å². The van der Waals surface area contributed by atoms with E-state index >= 15 is 0 Å². The average Bonchev–Trinajstić information content (AvgIpc) is 3.24. The highest BCUT2D eigenvalue weighted by molar-refractivity contribution is 7.99. The number of anilines is 1. The van der Waals surface area contributed by atoms with Crippen molar-refractivity contribution in [2.75, 3.05) is 11.1 Å². The minimum atomic E-state index is -0.0294. The molecule has 1 N–H and O–H groups in total. The number of pyridine rings is 1. The number of carbonyl (C=O) groups is 1. The van der Waals surface area contributed by atoms with Crippen molar-refractivity contribution in [3.63, 3.8) is 0 Å². The van der Waals surface area contributed by atoms with E-state index in [1.165, 1.54) is 5.56 Å². The van der Waals surface area contributed by atoms with E-state index < -0.39 is 0 Å². The Morgan fingerprint density at radius 1 is 1.04 bits per heavy atom. The molecule has 2 aromatic heterocycles. The van der Waals surface area contributed by atoms with Gasteiger partial charge in [-0.1, -0.05) is 42.5 Å². The molecule has 0 aliphatic carbocycles. The van der Waals surface area contributed by atoms with Crippen LogP contribution < -0.4 is 5.32 Å². The highest BCUT2D eigenvalue weighted by atomic mass is 32.2. The molecule has 4 rings (SSSR count). The number of thioether (sulfide) groups is 1. The first-order valence-electron chi connectivity index (χ1n) is 8.59. The van der Waals surface area contributed by atoms with Gasteiger partial charge < -0.3 is 5.32 Å². The summed E-state index contributed by atoms with van der Waals surface area (Å²) in [6.07, 6.45) is 5.26. The van der Waals surface area contributed by atoms with E-state index in [9.17, 15) is 4.79 Å². The smallest absolute Gasteiger partial charge is 0.234 e. The van der Waals surface area contributed by atoms with Crippen molar-refractivity contribution in [3.8, 4) is 5.82 Å². The molecule has 134 valence electrons. The quantitative estimate of drug-likeness (QED) is 0.547. The maximum Gasteiger partial charge on any atom is 0.234 e. The first-order valence-corrected chi connectivity index (χ1v) is 9.75. The van der Waals surface area contributed by atoms with Crippen LogP contribution in [0.2, 0.25) is 0 Å². The Balaban J connectivity index is 1.47. The molecular weight excluding hydrogens is 356 g/mol. The minimum Gasteiger partial charge on any atom is -0.323 e. The fraction of sp³-hybridized carbons (Fsp3) is 0.0952. The second-order valence-corrected chi connectivity index (χ2v) is 7.03. The molecule has 0 saturated carbocycles. The van der Waals surface area contributed by atoms with Gasteiger partial charge in [0.05, 0.1) is 17.0 Å². The summed E-state index contributed by atoms with van der Waals surface area (Å²) in [4.78, 5) is 21.1. The van der Waals surface area contributed by atoms with Gasteiger partial charge in [-0.2, -0.15) is 0 Å². The van der Waals surface area contributed by atoms with Crippen molar-refractivity contribution < 1.29 is 4.79 Å². The highest BCUT2D eigenvalue weighted by Crippen LogP contribution is 2.23. The van der Waals surface area contributed by atoms with Crippen LogP contribution in [0.1, 0.15) is 5.56 Å². The van der Waals surface area contributed by atoms with Crippen molar-refractivity contribution in [1.82, 2.24) is 14.5 Å². The van der Waals surface area contributed by atoms with Crippen LogP contribution in [0.3, 0.4) is 0 Å². The summed E-state index contributed by atoms with van der Waals surface area (Å²) in [5.74, 6) is 1.94. The fourth-order valence-corrected chi connectivity index (χ4v) is 3.59. The molecule has 4 aromatic rings. The number of hydrogen-bond donors (Lipinski definition) is 1. The van der Waals surface area contributed by atoms with Crippen molar-refractivity contribution in [3.05, 3.63) is 84.9 Å². The molecule has 6 heteroatoms. The summed E-state index contributed by atoms with van der Waals surface area (Å²) in [5.41, 5.74) is 2.71. The van der Waals surface area contributed by atoms with Gasteiger partial charge in [-0.25, -0.2) is 9.97 Å². The van der Waals surface area contributed by atoms with E-state index in [1.54, 1.807) is 24.3 Å². The van der Waals surface area contributed by atoms with Gasteiger partial charge >= 0.3 is 0 Å². The van der Waals surface area contributed by atoms with E-state index in [0.29, 0.717) is 5.75 Å². The Morgan fingerprint density at radius 3 is 2.74 bits per heavy atom. The van der Waals surface area contributed by atoms with Gasteiger partial charge in [-0.15, -0.1) is 11.8 Å². The third-order valence-electron chi connectivity index (χ3n) is 4.09. The summed E-state index contributed by atoms with van der Waals surface area (Å²) in [7, 11) is 0. The maximum atomic E-state index is 12.4. The highest BCUT2D eigenvalue weighted by Gasteiger charge is 2.09. The number of aromatic nitrogens is 3. The predicted octanol–water partition coefficient (Wildman–Crippen LogP) is 4.29. The van der Waals surface area contributed by atoms with E-state index in [0.717, 1.165) is 28.2 Å². The third-order valence-corrected chi connectivity index (χ3v) is 5.10. The molecule has 1 amide bonds. The molecule has 0 spiro atoms. The van der Waals surface area contributed by atoms with Gasteiger partial charge in [-0.05, 0) is 23.8 Å². The number of amides is 1. The molecule has 0 atom stereocenters. The molecule has 0 bridgehead atoms. The number of carbonyl (C=O) groups excluding carboxylic acids is 1. The lowest BCUT2D eigenvalue weighted by Crippen LogP contribution is -2.14. The minimum absolute atomic E-state index is 0.0294. The Labute approximate surface area is 161 Å². The second-order valence-electron chi connectivity index (χ2n) is 6.04. The predicted molar refractivity (Wildman–Crippen MR) is 110 cm³/mol. The summed E-state index contributed by atoms with van der Waals surface area (Å²) < 4.78 is 1.84. The number of rotatable bonds is 6. The van der Waals surface area contributed by atoms with Gasteiger partial charge in [0.25, 0.3) is 0 Å². The topological polar surface area (TPSA) is 59.8 Å². The lowest BCUT2D eigenvalue weighted by atomic mass is 10.2. The largest absolute Gasteiger partial charge is 0.323 e. The van der Waals surface area contributed by atoms with Crippen molar-refractivity contribution >= 4 is 34.3 Å². The summed E-state index contributed by atoms with van der Waals surface area (Å²) in [6, 6.07) is 19.9. The van der Waals surface area contributed by atoms with Crippen LogP contribution in [0, 0.1) is 0 Å². The van der Waals surface area contributed by atoms with Crippen molar-refractivity contribution in [2.24, 2.45) is 0 Å². The standard InChI is InChI=1S/C21H18N4OS/c26-20(14-27-13-16-5-2-1-3-6-16)23-18-8-4-7-17-9-10-19(24-21(17)18)25-12-11-22-15-25/h1-12,15H,13-14H2,(H,23,26). The zero-order valence-corrected chi connectivity index (χ0v) is 15.4. The second kappa shape index (κ2) is 8.05. The molecule has 27 heavy (non-hydrogen) atoms. The van der Waals surface area contributed by atoms with Crippen LogP contribution >= 0.6 is 11.8 Å². The number of nitrogens with one attached hydrogen (secondary N) is 1. The Bertz CT molecular complexity index is 1050. The summed E-state index contributed by atoms with van der Waals surface area (Å²) in [5, 5.41) is 3.98. The lowest BCUT2D eigenvalue weighted by Gasteiger charge is -2.10. The van der Waals surface area contributed by atoms with E-state index in [2.05, 4.69) is 22.4 Å². The van der Waals surface area contributed by atoms with Crippen LogP contribution in [-0.4, -0.2) is 26.2 Å². The van der Waals surface area contributed by atoms with Crippen LogP contribution in [0.5, 0.6) is 0 Å². The zero-order valence-electron chi connectivity index (χ0n) is 14.6. The van der Waals surface area contributed by atoms with Gasteiger partial charge in [0.15, 0.2) is 0 Å². The van der Waals surface area contributed by atoms with Crippen LogP contribution in [0.15, 0.2) is 79.4 Å². The molecule has 0 saturated heterocycles. The Hall–Kier alpha value is -3.12. The zero-order chi connectivity index (χ0) is 18.5. The number of imidazole rings is 1. The van der Waals surface area contributed by atoms with Gasteiger partial charge in [0.1, 0.15) is 12.1 Å². The molecule has 2 heterocycles. The van der Waals surface area contributed by atoms with Gasteiger partial charge in [0, 0.05) is 23.5 Å². The maximum absolute atomic E-state index is 12.4. The summed E-state index contributed by atoms with van der Waals surface area (Å²) in [6.45, 7) is 0. The van der Waals surface area contributed by atoms with Crippen LogP contribution in [0.4, 0.5) is 5.69 Å². The number of nitrogens with zero attached hydrogens (tertiary/aromatic N) is 3. The first kappa shape index (κ1) is 17.3. The van der Waals surface area contributed by atoms with Crippen molar-refractivity contribution in [1.29, 1.82) is 0 Å². The average molecular weight is 374 g/mol. The van der Waals surface area contributed by atoms with Gasteiger partial charge in [-0.3, -0.25) is 9.36 Å². The molecule has 5 nitrogen and oxygen atoms in total. The van der Waals surface area contributed by atoms with Crippen molar-refractivity contribution in [2.45, 2.75) is 5.75 Å². The van der Waals surface area contributed by atoms with E-state index in [4.69, 9.17) is 4.98 Å². The number of fused-ring (bicyclic) bond motifs is 1. The molecular formula is C21H18N4OS.